The molecule has 0 N–H and O–H groups in total. The summed E-state index contributed by atoms with van der Waals surface area (Å²) in [4.78, 5) is 19.2. The maximum atomic E-state index is 13.0. The van der Waals surface area contributed by atoms with Crippen LogP contribution < -0.4 is 4.74 Å². The van der Waals surface area contributed by atoms with Crippen LogP contribution in [0.5, 0.6) is 5.88 Å². The summed E-state index contributed by atoms with van der Waals surface area (Å²) in [7, 11) is 0. The van der Waals surface area contributed by atoms with Crippen LogP contribution in [0.4, 0.5) is 0 Å². The molecular formula is C20H22N2O3. The Morgan fingerprint density at radius 1 is 1.24 bits per heavy atom. The molecule has 1 amide bonds. The third-order valence-electron chi connectivity index (χ3n) is 4.95. The summed E-state index contributed by atoms with van der Waals surface area (Å²) in [5, 5.41) is 0. The molecule has 2 aromatic rings. The fourth-order valence-electron chi connectivity index (χ4n) is 3.70. The average Bonchev–Trinajstić information content (AvgIpc) is 3.16. The van der Waals surface area contributed by atoms with E-state index in [-0.39, 0.29) is 18.1 Å². The number of hydrogen-bond acceptors (Lipinski definition) is 4. The predicted molar refractivity (Wildman–Crippen MR) is 93.4 cm³/mol. The van der Waals surface area contributed by atoms with E-state index >= 15 is 0 Å². The van der Waals surface area contributed by atoms with Crippen molar-refractivity contribution in [1.82, 2.24) is 9.88 Å². The van der Waals surface area contributed by atoms with Crippen LogP contribution in [0.1, 0.15) is 35.2 Å². The van der Waals surface area contributed by atoms with Gasteiger partial charge < -0.3 is 14.4 Å². The van der Waals surface area contributed by atoms with E-state index < -0.39 is 0 Å². The molecule has 25 heavy (non-hydrogen) atoms. The summed E-state index contributed by atoms with van der Waals surface area (Å²) in [6.45, 7) is 1.71. The van der Waals surface area contributed by atoms with Crippen LogP contribution in [-0.2, 0) is 11.3 Å². The van der Waals surface area contributed by atoms with Gasteiger partial charge in [-0.2, -0.15) is 0 Å². The SMILES string of the molecule is O=C(c1ccnc(OCc2ccccc2)c1)N1CCO[C@@H]2CCC[C@@H]21. The summed E-state index contributed by atoms with van der Waals surface area (Å²) in [5.41, 5.74) is 1.70. The highest BCUT2D eigenvalue weighted by molar-refractivity contribution is 5.94. The highest BCUT2D eigenvalue weighted by Crippen LogP contribution is 2.30. The van der Waals surface area contributed by atoms with Crippen LogP contribution in [0, 0.1) is 0 Å². The Morgan fingerprint density at radius 2 is 2.12 bits per heavy atom. The molecule has 1 aromatic heterocycles. The lowest BCUT2D eigenvalue weighted by Gasteiger charge is -2.37. The van der Waals surface area contributed by atoms with Gasteiger partial charge >= 0.3 is 0 Å². The van der Waals surface area contributed by atoms with Crippen molar-refractivity contribution in [1.29, 1.82) is 0 Å². The summed E-state index contributed by atoms with van der Waals surface area (Å²) >= 11 is 0. The Balaban J connectivity index is 1.46. The highest BCUT2D eigenvalue weighted by Gasteiger charge is 2.38. The molecule has 0 radical (unpaired) electrons. The average molecular weight is 338 g/mol. The smallest absolute Gasteiger partial charge is 0.254 e. The van der Waals surface area contributed by atoms with Crippen LogP contribution in [0.2, 0.25) is 0 Å². The molecule has 1 aliphatic heterocycles. The first-order valence-electron chi connectivity index (χ1n) is 8.86. The summed E-state index contributed by atoms with van der Waals surface area (Å²) in [5.74, 6) is 0.526. The fourth-order valence-corrected chi connectivity index (χ4v) is 3.70. The molecule has 1 saturated carbocycles. The number of pyridine rings is 1. The van der Waals surface area contributed by atoms with E-state index in [1.54, 1.807) is 18.3 Å². The minimum atomic E-state index is 0.0483. The second-order valence-corrected chi connectivity index (χ2v) is 6.56. The topological polar surface area (TPSA) is 51.7 Å². The van der Waals surface area contributed by atoms with Crippen molar-refractivity contribution >= 4 is 5.91 Å². The quantitative estimate of drug-likeness (QED) is 0.860. The zero-order valence-electron chi connectivity index (χ0n) is 14.1. The molecule has 2 atom stereocenters. The van der Waals surface area contributed by atoms with E-state index in [1.165, 1.54) is 0 Å². The van der Waals surface area contributed by atoms with Crippen molar-refractivity contribution < 1.29 is 14.3 Å². The van der Waals surface area contributed by atoms with Gasteiger partial charge in [-0.05, 0) is 30.9 Å². The van der Waals surface area contributed by atoms with E-state index in [0.717, 1.165) is 24.8 Å². The number of nitrogens with zero attached hydrogens (tertiary/aromatic N) is 2. The van der Waals surface area contributed by atoms with E-state index in [0.29, 0.717) is 31.2 Å². The number of benzene rings is 1. The number of fused-ring (bicyclic) bond motifs is 1. The van der Waals surface area contributed by atoms with Gasteiger partial charge in [0, 0.05) is 24.4 Å². The number of morpholine rings is 1. The standard InChI is InChI=1S/C20H22N2O3/c23-20(22-11-12-24-18-8-4-7-17(18)22)16-9-10-21-19(13-16)25-14-15-5-2-1-3-6-15/h1-3,5-6,9-10,13,17-18H,4,7-8,11-12,14H2/t17-,18+/m0/s1. The van der Waals surface area contributed by atoms with Gasteiger partial charge in [0.05, 0.1) is 18.8 Å². The maximum Gasteiger partial charge on any atom is 0.254 e. The second kappa shape index (κ2) is 7.23. The number of aromatic nitrogens is 1. The first kappa shape index (κ1) is 16.1. The van der Waals surface area contributed by atoms with Crippen LogP contribution in [0.25, 0.3) is 0 Å². The molecule has 2 aliphatic rings. The first-order chi connectivity index (χ1) is 12.3. The Hall–Kier alpha value is -2.40. The van der Waals surface area contributed by atoms with Crippen LogP contribution in [-0.4, -0.2) is 41.1 Å². The van der Waals surface area contributed by atoms with Crippen molar-refractivity contribution in [2.45, 2.75) is 38.0 Å². The summed E-state index contributed by atoms with van der Waals surface area (Å²) in [6.07, 6.45) is 5.05. The van der Waals surface area contributed by atoms with Gasteiger partial charge in [0.2, 0.25) is 5.88 Å². The Bertz CT molecular complexity index is 735. The molecule has 4 rings (SSSR count). The van der Waals surface area contributed by atoms with Crippen LogP contribution in [0.15, 0.2) is 48.7 Å². The van der Waals surface area contributed by atoms with Crippen molar-refractivity contribution in [2.75, 3.05) is 13.2 Å². The minimum absolute atomic E-state index is 0.0483. The molecule has 0 spiro atoms. The zero-order chi connectivity index (χ0) is 17.1. The molecule has 0 bridgehead atoms. The van der Waals surface area contributed by atoms with Gasteiger partial charge in [-0.3, -0.25) is 4.79 Å². The van der Waals surface area contributed by atoms with Gasteiger partial charge in [0.15, 0.2) is 0 Å². The lowest BCUT2D eigenvalue weighted by atomic mass is 10.1. The number of amides is 1. The number of carbonyl (C=O) groups excluding carboxylic acids is 1. The summed E-state index contributed by atoms with van der Waals surface area (Å²) in [6, 6.07) is 13.6. The van der Waals surface area contributed by atoms with Gasteiger partial charge in [-0.1, -0.05) is 30.3 Å². The number of rotatable bonds is 4. The molecule has 1 aromatic carbocycles. The van der Waals surface area contributed by atoms with Crippen LogP contribution >= 0.6 is 0 Å². The van der Waals surface area contributed by atoms with Gasteiger partial charge in [-0.15, -0.1) is 0 Å². The van der Waals surface area contributed by atoms with Gasteiger partial charge in [-0.25, -0.2) is 4.98 Å². The van der Waals surface area contributed by atoms with E-state index in [2.05, 4.69) is 4.98 Å². The van der Waals surface area contributed by atoms with Crippen LogP contribution in [0.3, 0.4) is 0 Å². The molecule has 130 valence electrons. The van der Waals surface area contributed by atoms with E-state index in [9.17, 15) is 4.79 Å². The molecular weight excluding hydrogens is 316 g/mol. The molecule has 1 saturated heterocycles. The Morgan fingerprint density at radius 3 is 3.00 bits per heavy atom. The zero-order valence-corrected chi connectivity index (χ0v) is 14.1. The van der Waals surface area contributed by atoms with Gasteiger partial charge in [0.25, 0.3) is 5.91 Å². The van der Waals surface area contributed by atoms with Crippen molar-refractivity contribution in [3.05, 3.63) is 59.8 Å². The maximum absolute atomic E-state index is 13.0. The summed E-state index contributed by atoms with van der Waals surface area (Å²) < 4.78 is 11.5. The first-order valence-corrected chi connectivity index (χ1v) is 8.86. The minimum Gasteiger partial charge on any atom is -0.473 e. The molecule has 2 heterocycles. The normalized spacial score (nSPS) is 22.5. The number of carbonyl (C=O) groups is 1. The third-order valence-corrected chi connectivity index (χ3v) is 4.95. The van der Waals surface area contributed by atoms with E-state index in [1.807, 2.05) is 35.2 Å². The molecule has 2 fully saturated rings. The lowest BCUT2D eigenvalue weighted by molar-refractivity contribution is -0.0445. The number of ether oxygens (including phenoxy) is 2. The molecule has 5 heteroatoms. The fraction of sp³-hybridized carbons (Fsp3) is 0.400. The van der Waals surface area contributed by atoms with E-state index in [4.69, 9.17) is 9.47 Å². The van der Waals surface area contributed by atoms with Crippen molar-refractivity contribution in [3.8, 4) is 5.88 Å². The molecule has 5 nitrogen and oxygen atoms in total. The molecule has 1 aliphatic carbocycles. The van der Waals surface area contributed by atoms with Crippen molar-refractivity contribution in [2.24, 2.45) is 0 Å². The lowest BCUT2D eigenvalue weighted by Crippen LogP contribution is -2.51. The predicted octanol–water partition coefficient (Wildman–Crippen LogP) is 3.05. The molecule has 0 unspecified atom stereocenters. The van der Waals surface area contributed by atoms with Crippen molar-refractivity contribution in [3.63, 3.8) is 0 Å². The highest BCUT2D eigenvalue weighted by atomic mass is 16.5. The Labute approximate surface area is 147 Å². The largest absolute Gasteiger partial charge is 0.473 e. The number of hydrogen-bond donors (Lipinski definition) is 0. The third kappa shape index (κ3) is 3.51. The Kier molecular flexibility index (Phi) is 4.65. The second-order valence-electron chi connectivity index (χ2n) is 6.56. The van der Waals surface area contributed by atoms with Gasteiger partial charge in [0.1, 0.15) is 6.61 Å². The monoisotopic (exact) mass is 338 g/mol.